The highest BCUT2D eigenvalue weighted by Crippen LogP contribution is 2.17. The number of hydrogen-bond acceptors (Lipinski definition) is 2. The Kier molecular flexibility index (Phi) is 4.85. The lowest BCUT2D eigenvalue weighted by Crippen LogP contribution is -2.08. The van der Waals surface area contributed by atoms with Crippen LogP contribution in [0.3, 0.4) is 0 Å². The highest BCUT2D eigenvalue weighted by molar-refractivity contribution is 6.04. The number of benzene rings is 1. The Labute approximate surface area is 109 Å². The zero-order chi connectivity index (χ0) is 13.7. The average Bonchev–Trinajstić information content (AvgIpc) is 2.35. The summed E-state index contributed by atoms with van der Waals surface area (Å²) in [6.45, 7) is 7.87. The topological polar surface area (TPSA) is 40.9 Å². The SMILES string of the molecule is CC(C)C(=O)C(C#N)=Cc1ccc(C(C)C)cc1. The van der Waals surface area contributed by atoms with Gasteiger partial charge in [-0.2, -0.15) is 5.26 Å². The molecule has 0 saturated heterocycles. The van der Waals surface area contributed by atoms with Gasteiger partial charge < -0.3 is 0 Å². The maximum atomic E-state index is 11.8. The predicted molar refractivity (Wildman–Crippen MR) is 74.0 cm³/mol. The minimum absolute atomic E-state index is 0.106. The molecule has 0 unspecified atom stereocenters. The Bertz CT molecular complexity index is 487. The lowest BCUT2D eigenvalue weighted by molar-refractivity contribution is -0.117. The average molecular weight is 241 g/mol. The monoisotopic (exact) mass is 241 g/mol. The first-order valence-corrected chi connectivity index (χ1v) is 6.21. The molecule has 0 aromatic heterocycles. The van der Waals surface area contributed by atoms with Crippen LogP contribution in [-0.2, 0) is 4.79 Å². The summed E-state index contributed by atoms with van der Waals surface area (Å²) in [5.41, 5.74) is 2.37. The largest absolute Gasteiger partial charge is 0.293 e. The van der Waals surface area contributed by atoms with E-state index in [0.717, 1.165) is 5.56 Å². The summed E-state index contributed by atoms with van der Waals surface area (Å²) in [6, 6.07) is 9.94. The van der Waals surface area contributed by atoms with Crippen molar-refractivity contribution in [2.24, 2.45) is 5.92 Å². The molecule has 0 aliphatic heterocycles. The number of carbonyl (C=O) groups excluding carboxylic acids is 1. The summed E-state index contributed by atoms with van der Waals surface area (Å²) >= 11 is 0. The van der Waals surface area contributed by atoms with Crippen LogP contribution in [0.25, 0.3) is 6.08 Å². The molecule has 0 aliphatic rings. The van der Waals surface area contributed by atoms with Gasteiger partial charge in [0.25, 0.3) is 0 Å². The molecule has 0 aliphatic carbocycles. The summed E-state index contributed by atoms with van der Waals surface area (Å²) < 4.78 is 0. The van der Waals surface area contributed by atoms with Crippen molar-refractivity contribution in [3.63, 3.8) is 0 Å². The van der Waals surface area contributed by atoms with Crippen LogP contribution < -0.4 is 0 Å². The van der Waals surface area contributed by atoms with E-state index in [0.29, 0.717) is 5.92 Å². The number of rotatable bonds is 4. The van der Waals surface area contributed by atoms with E-state index < -0.39 is 0 Å². The van der Waals surface area contributed by atoms with Crippen LogP contribution in [0.15, 0.2) is 29.8 Å². The molecule has 0 heterocycles. The Hall–Kier alpha value is -1.88. The van der Waals surface area contributed by atoms with Gasteiger partial charge in [-0.25, -0.2) is 0 Å². The van der Waals surface area contributed by atoms with E-state index in [-0.39, 0.29) is 17.3 Å². The lowest BCUT2D eigenvalue weighted by atomic mass is 9.98. The maximum Gasteiger partial charge on any atom is 0.175 e. The molecule has 1 rings (SSSR count). The van der Waals surface area contributed by atoms with Crippen molar-refractivity contribution in [1.29, 1.82) is 5.26 Å². The van der Waals surface area contributed by atoms with Gasteiger partial charge in [0.2, 0.25) is 0 Å². The van der Waals surface area contributed by atoms with Crippen LogP contribution in [0.2, 0.25) is 0 Å². The summed E-state index contributed by atoms with van der Waals surface area (Å²) in [5, 5.41) is 9.01. The summed E-state index contributed by atoms with van der Waals surface area (Å²) in [5.74, 6) is 0.229. The van der Waals surface area contributed by atoms with Crippen LogP contribution in [0.1, 0.15) is 44.7 Å². The van der Waals surface area contributed by atoms with Gasteiger partial charge in [0.15, 0.2) is 5.78 Å². The van der Waals surface area contributed by atoms with Crippen molar-refractivity contribution in [2.75, 3.05) is 0 Å². The smallest absolute Gasteiger partial charge is 0.175 e. The molecule has 0 spiro atoms. The van der Waals surface area contributed by atoms with E-state index in [9.17, 15) is 4.79 Å². The molecule has 0 radical (unpaired) electrons. The van der Waals surface area contributed by atoms with Crippen LogP contribution >= 0.6 is 0 Å². The van der Waals surface area contributed by atoms with Gasteiger partial charge in [-0.15, -0.1) is 0 Å². The molecule has 18 heavy (non-hydrogen) atoms. The van der Waals surface area contributed by atoms with Gasteiger partial charge in [0, 0.05) is 5.92 Å². The fraction of sp³-hybridized carbons (Fsp3) is 0.375. The Balaban J connectivity index is 3.01. The molecule has 0 amide bonds. The number of carbonyl (C=O) groups is 1. The highest BCUT2D eigenvalue weighted by Gasteiger charge is 2.13. The standard InChI is InChI=1S/C16H19NO/c1-11(2)14-7-5-13(6-8-14)9-15(10-17)16(18)12(3)4/h5-9,11-12H,1-4H3. The van der Waals surface area contributed by atoms with Crippen molar-refractivity contribution < 1.29 is 4.79 Å². The van der Waals surface area contributed by atoms with E-state index in [1.165, 1.54) is 5.56 Å². The van der Waals surface area contributed by atoms with Crippen molar-refractivity contribution in [2.45, 2.75) is 33.6 Å². The van der Waals surface area contributed by atoms with Gasteiger partial charge in [-0.05, 0) is 23.1 Å². The molecular weight excluding hydrogens is 222 g/mol. The summed E-state index contributed by atoms with van der Waals surface area (Å²) in [6.07, 6.45) is 1.66. The molecule has 0 fully saturated rings. The van der Waals surface area contributed by atoms with Crippen LogP contribution in [0.4, 0.5) is 0 Å². The maximum absolute atomic E-state index is 11.8. The van der Waals surface area contributed by atoms with Gasteiger partial charge in [0.05, 0.1) is 5.57 Å². The summed E-state index contributed by atoms with van der Waals surface area (Å²) in [7, 11) is 0. The van der Waals surface area contributed by atoms with Crippen LogP contribution in [0, 0.1) is 17.2 Å². The first-order valence-electron chi connectivity index (χ1n) is 6.21. The van der Waals surface area contributed by atoms with Crippen molar-refractivity contribution in [1.82, 2.24) is 0 Å². The lowest BCUT2D eigenvalue weighted by Gasteiger charge is -2.05. The van der Waals surface area contributed by atoms with E-state index in [1.54, 1.807) is 19.9 Å². The number of nitriles is 1. The van der Waals surface area contributed by atoms with Gasteiger partial charge in [-0.3, -0.25) is 4.79 Å². The number of nitrogens with zero attached hydrogens (tertiary/aromatic N) is 1. The summed E-state index contributed by atoms with van der Waals surface area (Å²) in [4.78, 5) is 11.8. The zero-order valence-electron chi connectivity index (χ0n) is 11.4. The Morgan fingerprint density at radius 3 is 2.11 bits per heavy atom. The molecule has 2 nitrogen and oxygen atoms in total. The minimum atomic E-state index is -0.147. The number of allylic oxidation sites excluding steroid dienone is 1. The predicted octanol–water partition coefficient (Wildman–Crippen LogP) is 3.94. The van der Waals surface area contributed by atoms with Gasteiger partial charge in [0.1, 0.15) is 6.07 Å². The molecular formula is C16H19NO. The third-order valence-electron chi connectivity index (χ3n) is 2.82. The van der Waals surface area contributed by atoms with E-state index >= 15 is 0 Å². The van der Waals surface area contributed by atoms with Crippen molar-refractivity contribution in [3.8, 4) is 6.07 Å². The van der Waals surface area contributed by atoms with Gasteiger partial charge >= 0.3 is 0 Å². The quantitative estimate of drug-likeness (QED) is 0.591. The molecule has 0 saturated carbocycles. The van der Waals surface area contributed by atoms with E-state index in [2.05, 4.69) is 13.8 Å². The highest BCUT2D eigenvalue weighted by atomic mass is 16.1. The van der Waals surface area contributed by atoms with E-state index in [4.69, 9.17) is 5.26 Å². The molecule has 0 atom stereocenters. The van der Waals surface area contributed by atoms with Crippen molar-refractivity contribution in [3.05, 3.63) is 41.0 Å². The molecule has 0 bridgehead atoms. The number of hydrogen-bond donors (Lipinski definition) is 0. The first kappa shape index (κ1) is 14.2. The van der Waals surface area contributed by atoms with E-state index in [1.807, 2.05) is 30.3 Å². The first-order chi connectivity index (χ1) is 8.45. The molecule has 0 N–H and O–H groups in total. The third kappa shape index (κ3) is 3.56. The van der Waals surface area contributed by atoms with Crippen molar-refractivity contribution >= 4 is 11.9 Å². The molecule has 1 aromatic rings. The number of ketones is 1. The fourth-order valence-corrected chi connectivity index (χ4v) is 1.61. The van der Waals surface area contributed by atoms with Crippen LogP contribution in [0.5, 0.6) is 0 Å². The second kappa shape index (κ2) is 6.16. The Morgan fingerprint density at radius 1 is 1.17 bits per heavy atom. The zero-order valence-corrected chi connectivity index (χ0v) is 11.4. The van der Waals surface area contributed by atoms with Gasteiger partial charge in [-0.1, -0.05) is 52.0 Å². The Morgan fingerprint density at radius 2 is 1.72 bits per heavy atom. The third-order valence-corrected chi connectivity index (χ3v) is 2.82. The second-order valence-corrected chi connectivity index (χ2v) is 5.01. The minimum Gasteiger partial charge on any atom is -0.293 e. The normalized spacial score (nSPS) is 11.7. The second-order valence-electron chi connectivity index (χ2n) is 5.01. The fourth-order valence-electron chi connectivity index (χ4n) is 1.61. The van der Waals surface area contributed by atoms with Crippen LogP contribution in [-0.4, -0.2) is 5.78 Å². The number of Topliss-reactive ketones (excluding diaryl/α,β-unsaturated/α-hetero) is 1. The molecule has 2 heteroatoms. The molecule has 1 aromatic carbocycles. The molecule has 94 valence electrons.